The fraction of sp³-hybridized carbons (Fsp3) is 0.250. The van der Waals surface area contributed by atoms with Crippen LogP contribution in [0.2, 0.25) is 0 Å². The van der Waals surface area contributed by atoms with Crippen LogP contribution in [0.5, 0.6) is 0 Å². The molecule has 0 aromatic heterocycles. The summed E-state index contributed by atoms with van der Waals surface area (Å²) in [5.41, 5.74) is 5.65. The van der Waals surface area contributed by atoms with Gasteiger partial charge in [-0.05, 0) is 13.8 Å². The molecule has 3 heteroatoms. The highest BCUT2D eigenvalue weighted by molar-refractivity contribution is 14.1. The third-order valence-electron chi connectivity index (χ3n) is 0.861. The van der Waals surface area contributed by atoms with Crippen molar-refractivity contribution in [2.45, 2.75) is 13.8 Å². The second-order valence-corrected chi connectivity index (χ2v) is 5.56. The summed E-state index contributed by atoms with van der Waals surface area (Å²) >= 11 is 2.24. The number of halogens is 1. The first-order chi connectivity index (χ1) is 5.26. The molecule has 0 bridgehead atoms. The molecule has 0 rings (SSSR count). The number of terminal acetylenes is 1. The highest BCUT2D eigenvalue weighted by Gasteiger charge is 2.15. The average molecular weight is 272 g/mol. The van der Waals surface area contributed by atoms with Crippen LogP contribution in [-0.2, 0) is 0 Å². The number of hydrogen-bond acceptors (Lipinski definition) is 0. The zero-order valence-electron chi connectivity index (χ0n) is 6.48. The summed E-state index contributed by atoms with van der Waals surface area (Å²) in [5, 5.41) is 0. The van der Waals surface area contributed by atoms with Crippen LogP contribution in [0.3, 0.4) is 0 Å². The quantitative estimate of drug-likeness (QED) is 0.298. The van der Waals surface area contributed by atoms with E-state index in [4.69, 9.17) is 6.42 Å². The molecule has 0 aliphatic heterocycles. The molecule has 0 spiro atoms. The maximum atomic E-state index is 5.29. The summed E-state index contributed by atoms with van der Waals surface area (Å²) in [6.07, 6.45) is 5.29. The normalized spacial score (nSPS) is 9.27. The fourth-order valence-electron chi connectivity index (χ4n) is 0.458. The van der Waals surface area contributed by atoms with Gasteiger partial charge in [-0.25, -0.2) is 0 Å². The lowest BCUT2D eigenvalue weighted by Crippen LogP contribution is -1.93. The summed E-state index contributed by atoms with van der Waals surface area (Å²) in [5.74, 6) is 8.66. The molecule has 0 radical (unpaired) electrons. The van der Waals surface area contributed by atoms with Crippen molar-refractivity contribution >= 4 is 34.5 Å². The highest BCUT2D eigenvalue weighted by atomic mass is 127. The zero-order chi connectivity index (χ0) is 8.69. The van der Waals surface area contributed by atoms with Crippen molar-refractivity contribution in [2.24, 2.45) is 0 Å². The Hall–Kier alpha value is -0.0951. The van der Waals surface area contributed by atoms with Gasteiger partial charge in [-0.3, -0.25) is 0 Å². The smallest absolute Gasteiger partial charge is 0.132 e. The van der Waals surface area contributed by atoms with Crippen molar-refractivity contribution in [3.05, 3.63) is 0 Å². The Bertz CT molecular complexity index is 270. The summed E-state index contributed by atoms with van der Waals surface area (Å²) in [4.78, 5) is 0. The lowest BCUT2D eigenvalue weighted by atomic mass is 10.1. The van der Waals surface area contributed by atoms with Gasteiger partial charge in [0.2, 0.25) is 0 Å². The highest BCUT2D eigenvalue weighted by Crippen LogP contribution is 2.38. The third kappa shape index (κ3) is 4.37. The van der Waals surface area contributed by atoms with Crippen molar-refractivity contribution in [1.29, 1.82) is 0 Å². The average Bonchev–Trinajstić information content (AvgIpc) is 2.00. The Morgan fingerprint density at radius 3 is 2.36 bits per heavy atom. The van der Waals surface area contributed by atoms with E-state index in [-0.39, 0.29) is 4.29 Å². The molecule has 0 aliphatic carbocycles. The van der Waals surface area contributed by atoms with Crippen LogP contribution in [0, 0.1) is 35.4 Å². The van der Waals surface area contributed by atoms with Gasteiger partial charge in [-0.1, -0.05) is 11.3 Å². The van der Waals surface area contributed by atoms with Crippen LogP contribution in [0.25, 0.3) is 0 Å². The van der Waals surface area contributed by atoms with E-state index in [2.05, 4.69) is 51.4 Å². The van der Waals surface area contributed by atoms with Crippen molar-refractivity contribution in [3.8, 4) is 35.4 Å². The Labute approximate surface area is 83.6 Å². The molecule has 0 saturated heterocycles. The molecule has 0 N–H and O–H groups in total. The van der Waals surface area contributed by atoms with Gasteiger partial charge in [-0.2, -0.15) is 0 Å². The Morgan fingerprint density at radius 2 is 2.00 bits per heavy atom. The summed E-state index contributed by atoms with van der Waals surface area (Å²) in [7, 11) is -0.646. The van der Waals surface area contributed by atoms with Crippen molar-refractivity contribution in [2.75, 3.05) is 0 Å². The van der Waals surface area contributed by atoms with Crippen LogP contribution in [0.15, 0.2) is 0 Å². The fourth-order valence-corrected chi connectivity index (χ4v) is 2.48. The Balaban J connectivity index is 4.33. The maximum absolute atomic E-state index is 5.29. The summed E-state index contributed by atoms with van der Waals surface area (Å²) in [6.45, 7) is 3.62. The zero-order valence-corrected chi connectivity index (χ0v) is 9.53. The molecule has 0 aromatic carbocycles. The van der Waals surface area contributed by atoms with E-state index in [0.717, 1.165) is 0 Å². The maximum Gasteiger partial charge on any atom is 0.353 e. The van der Waals surface area contributed by atoms with E-state index in [0.29, 0.717) is 0 Å². The molecule has 0 amide bonds. The van der Waals surface area contributed by atoms with E-state index in [1.807, 2.05) is 6.92 Å². The minimum absolute atomic E-state index is 0.213. The Kier molecular flexibility index (Phi) is 6.55. The first kappa shape index (κ1) is 10.9. The second kappa shape index (κ2) is 6.60. The van der Waals surface area contributed by atoms with Crippen LogP contribution < -0.4 is 0 Å². The standard InChI is InChI=1S/C8H7BIP/c1-4-7-9(10)11(6-3)8-5-2/h3H,1-2H3. The van der Waals surface area contributed by atoms with Gasteiger partial charge in [0, 0.05) is 7.80 Å². The van der Waals surface area contributed by atoms with E-state index in [9.17, 15) is 0 Å². The molecule has 0 saturated carbocycles. The molecule has 0 heterocycles. The molecule has 11 heavy (non-hydrogen) atoms. The van der Waals surface area contributed by atoms with E-state index in [1.165, 1.54) is 0 Å². The molecule has 0 fully saturated rings. The lowest BCUT2D eigenvalue weighted by Gasteiger charge is -1.98. The van der Waals surface area contributed by atoms with Gasteiger partial charge in [0.05, 0.1) is 0 Å². The molecule has 1 unspecified atom stereocenters. The first-order valence-electron chi connectivity index (χ1n) is 3.00. The molecule has 54 valence electrons. The van der Waals surface area contributed by atoms with Gasteiger partial charge in [0.25, 0.3) is 0 Å². The van der Waals surface area contributed by atoms with Gasteiger partial charge in [0.1, 0.15) is 0 Å². The number of hydrogen-bond donors (Lipinski definition) is 0. The third-order valence-corrected chi connectivity index (χ3v) is 4.17. The monoisotopic (exact) mass is 272 g/mol. The predicted octanol–water partition coefficient (Wildman–Crippen LogP) is 2.53. The van der Waals surface area contributed by atoms with Gasteiger partial charge in [-0.15, -0.1) is 46.5 Å². The molecule has 0 nitrogen and oxygen atoms in total. The Morgan fingerprint density at radius 1 is 1.36 bits per heavy atom. The molecule has 1 atom stereocenters. The number of rotatable bonds is 1. The van der Waals surface area contributed by atoms with Crippen LogP contribution in [-0.4, -0.2) is 4.29 Å². The topological polar surface area (TPSA) is 0 Å². The summed E-state index contributed by atoms with van der Waals surface area (Å²) in [6, 6.07) is 0. The largest absolute Gasteiger partial charge is 0.353 e. The van der Waals surface area contributed by atoms with Crippen LogP contribution in [0.1, 0.15) is 13.8 Å². The molecule has 0 aromatic rings. The van der Waals surface area contributed by atoms with E-state index >= 15 is 0 Å². The first-order valence-corrected chi connectivity index (χ1v) is 5.66. The van der Waals surface area contributed by atoms with E-state index in [1.54, 1.807) is 6.92 Å². The minimum Gasteiger partial charge on any atom is -0.132 e. The molecule has 0 aliphatic rings. The lowest BCUT2D eigenvalue weighted by molar-refractivity contribution is 1.93. The van der Waals surface area contributed by atoms with Crippen molar-refractivity contribution < 1.29 is 0 Å². The SMILES string of the molecule is C#CP(C#CC)B(I)C#CC. The molecular formula is C8H7BIP. The van der Waals surface area contributed by atoms with E-state index < -0.39 is 7.80 Å². The minimum atomic E-state index is -0.646. The predicted molar refractivity (Wildman–Crippen MR) is 62.4 cm³/mol. The second-order valence-electron chi connectivity index (χ2n) is 1.59. The molecular weight excluding hydrogens is 265 g/mol. The summed E-state index contributed by atoms with van der Waals surface area (Å²) < 4.78 is 0.213. The van der Waals surface area contributed by atoms with Gasteiger partial charge in [0.15, 0.2) is 0 Å². The van der Waals surface area contributed by atoms with Crippen LogP contribution >= 0.6 is 30.2 Å². The van der Waals surface area contributed by atoms with Gasteiger partial charge >= 0.3 is 4.29 Å². The van der Waals surface area contributed by atoms with Crippen molar-refractivity contribution in [1.82, 2.24) is 0 Å². The van der Waals surface area contributed by atoms with Crippen LogP contribution in [0.4, 0.5) is 0 Å². The van der Waals surface area contributed by atoms with Crippen molar-refractivity contribution in [3.63, 3.8) is 0 Å². The van der Waals surface area contributed by atoms with Gasteiger partial charge < -0.3 is 0 Å².